The predicted molar refractivity (Wildman–Crippen MR) is 125 cm³/mol. The van der Waals surface area contributed by atoms with Gasteiger partial charge in [0.1, 0.15) is 0 Å². The second-order valence-electron chi connectivity index (χ2n) is 6.73. The van der Waals surface area contributed by atoms with Crippen LogP contribution in [0.1, 0.15) is 18.1 Å². The van der Waals surface area contributed by atoms with Gasteiger partial charge in [-0.3, -0.25) is 9.59 Å². The van der Waals surface area contributed by atoms with Crippen molar-refractivity contribution in [3.63, 3.8) is 0 Å². The summed E-state index contributed by atoms with van der Waals surface area (Å²) in [5, 5.41) is 0. The molecule has 33 heavy (non-hydrogen) atoms. The predicted octanol–water partition coefficient (Wildman–Crippen LogP) is 3.99. The fourth-order valence-electron chi connectivity index (χ4n) is 3.16. The number of Topliss-reactive ketones (excluding diaryl/α,β-unsaturated/α-hetero) is 1. The van der Waals surface area contributed by atoms with Crippen molar-refractivity contribution in [2.24, 2.45) is 0 Å². The summed E-state index contributed by atoms with van der Waals surface area (Å²) in [4.78, 5) is 25.1. The van der Waals surface area contributed by atoms with E-state index in [0.717, 1.165) is 0 Å². The Hall–Kier alpha value is -3.94. The Labute approximate surface area is 193 Å². The molecule has 0 atom stereocenters. The monoisotopic (exact) mass is 456 g/mol. The van der Waals surface area contributed by atoms with Crippen molar-refractivity contribution < 1.29 is 38.0 Å². The Morgan fingerprint density at radius 2 is 1.03 bits per heavy atom. The number of ketones is 2. The number of ether oxygens (including phenoxy) is 6. The van der Waals surface area contributed by atoms with E-state index < -0.39 is 5.78 Å². The van der Waals surface area contributed by atoms with E-state index in [1.54, 1.807) is 30.3 Å². The molecule has 0 aromatic heterocycles. The molecule has 8 nitrogen and oxygen atoms in total. The minimum atomic E-state index is -0.468. The molecule has 0 spiro atoms. The number of methoxy groups -OCH3 is 6. The first-order valence-corrected chi connectivity index (χ1v) is 9.88. The maximum Gasteiger partial charge on any atom is 0.203 e. The molecule has 8 heteroatoms. The van der Waals surface area contributed by atoms with Crippen LogP contribution in [0.25, 0.3) is 12.2 Å². The van der Waals surface area contributed by atoms with Gasteiger partial charge in [-0.2, -0.15) is 0 Å². The number of rotatable bonds is 11. The van der Waals surface area contributed by atoms with Crippen LogP contribution in [-0.2, 0) is 9.59 Å². The van der Waals surface area contributed by atoms with Crippen LogP contribution in [0, 0.1) is 0 Å². The first-order valence-electron chi connectivity index (χ1n) is 9.88. The number of hydrogen-bond donors (Lipinski definition) is 0. The van der Waals surface area contributed by atoms with Gasteiger partial charge in [-0.25, -0.2) is 0 Å². The molecule has 0 aliphatic rings. The molecule has 176 valence electrons. The lowest BCUT2D eigenvalue weighted by Crippen LogP contribution is -2.07. The quantitative estimate of drug-likeness (QED) is 0.285. The zero-order valence-electron chi connectivity index (χ0n) is 19.8. The summed E-state index contributed by atoms with van der Waals surface area (Å²) in [5.74, 6) is 1.71. The minimum absolute atomic E-state index is 0.00651. The van der Waals surface area contributed by atoms with Crippen LogP contribution in [0.15, 0.2) is 35.9 Å². The summed E-state index contributed by atoms with van der Waals surface area (Å²) in [5.41, 5.74) is 1.17. The largest absolute Gasteiger partial charge is 0.493 e. The van der Waals surface area contributed by atoms with E-state index in [-0.39, 0.29) is 11.4 Å². The zero-order chi connectivity index (χ0) is 24.5. The third-order valence-electron chi connectivity index (χ3n) is 4.76. The molecule has 2 aromatic carbocycles. The topological polar surface area (TPSA) is 89.5 Å². The van der Waals surface area contributed by atoms with Gasteiger partial charge in [0.05, 0.1) is 48.2 Å². The molecule has 0 aliphatic heterocycles. The van der Waals surface area contributed by atoms with Crippen LogP contribution in [0.2, 0.25) is 0 Å². The van der Waals surface area contributed by atoms with E-state index >= 15 is 0 Å². The van der Waals surface area contributed by atoms with E-state index in [0.29, 0.717) is 45.6 Å². The van der Waals surface area contributed by atoms with E-state index in [1.807, 2.05) is 0 Å². The van der Waals surface area contributed by atoms with Gasteiger partial charge >= 0.3 is 0 Å². The second-order valence-corrected chi connectivity index (χ2v) is 6.73. The molecule has 0 aliphatic carbocycles. The van der Waals surface area contributed by atoms with Gasteiger partial charge in [0, 0.05) is 0 Å². The lowest BCUT2D eigenvalue weighted by molar-refractivity contribution is -0.118. The molecule has 0 saturated carbocycles. The number of allylic oxidation sites excluding steroid dienone is 2. The molecule has 0 heterocycles. The van der Waals surface area contributed by atoms with Crippen molar-refractivity contribution in [3.8, 4) is 34.5 Å². The number of carbonyl (C=O) groups is 2. The van der Waals surface area contributed by atoms with Crippen molar-refractivity contribution in [2.75, 3.05) is 42.7 Å². The van der Waals surface area contributed by atoms with Gasteiger partial charge in [0.25, 0.3) is 0 Å². The highest BCUT2D eigenvalue weighted by Crippen LogP contribution is 2.39. The number of hydrogen-bond acceptors (Lipinski definition) is 8. The van der Waals surface area contributed by atoms with E-state index in [9.17, 15) is 9.59 Å². The van der Waals surface area contributed by atoms with Gasteiger partial charge in [0.2, 0.25) is 11.5 Å². The molecule has 0 saturated heterocycles. The van der Waals surface area contributed by atoms with Crippen molar-refractivity contribution in [1.82, 2.24) is 0 Å². The van der Waals surface area contributed by atoms with Gasteiger partial charge < -0.3 is 28.4 Å². The molecule has 0 N–H and O–H groups in total. The molecule has 0 fully saturated rings. The van der Waals surface area contributed by atoms with Crippen molar-refractivity contribution in [3.05, 3.63) is 47.0 Å². The SMILES string of the molecule is COc1cc(/C=C/C(=O)/C(=C/c2cc(OC)c(OC)c(OC)c2)C(C)=O)cc(OC)c1OC. The first kappa shape index (κ1) is 25.3. The van der Waals surface area contributed by atoms with Gasteiger partial charge in [-0.05, 0) is 54.5 Å². The highest BCUT2D eigenvalue weighted by atomic mass is 16.5. The maximum absolute atomic E-state index is 12.9. The Bertz CT molecular complexity index is 1030. The van der Waals surface area contributed by atoms with Gasteiger partial charge in [-0.15, -0.1) is 0 Å². The highest BCUT2D eigenvalue weighted by Gasteiger charge is 2.17. The number of carbonyl (C=O) groups excluding carboxylic acids is 2. The average Bonchev–Trinajstić information content (AvgIpc) is 2.83. The minimum Gasteiger partial charge on any atom is -0.493 e. The second kappa shape index (κ2) is 11.6. The third-order valence-corrected chi connectivity index (χ3v) is 4.76. The van der Waals surface area contributed by atoms with E-state index in [1.165, 1.54) is 61.7 Å². The summed E-state index contributed by atoms with van der Waals surface area (Å²) >= 11 is 0. The Kier molecular flexibility index (Phi) is 8.91. The molecule has 0 bridgehead atoms. The average molecular weight is 456 g/mol. The summed E-state index contributed by atoms with van der Waals surface area (Å²) in [6, 6.07) is 6.70. The first-order chi connectivity index (χ1) is 15.8. The van der Waals surface area contributed by atoms with E-state index in [2.05, 4.69) is 0 Å². The fourth-order valence-corrected chi connectivity index (χ4v) is 3.16. The summed E-state index contributed by atoms with van der Waals surface area (Å²) in [6.45, 7) is 1.33. The van der Waals surface area contributed by atoms with E-state index in [4.69, 9.17) is 28.4 Å². The number of benzene rings is 2. The van der Waals surface area contributed by atoms with Crippen molar-refractivity contribution in [1.29, 1.82) is 0 Å². The van der Waals surface area contributed by atoms with Crippen molar-refractivity contribution >= 4 is 23.7 Å². The Morgan fingerprint density at radius 1 is 0.636 bits per heavy atom. The van der Waals surface area contributed by atoms with Gasteiger partial charge in [-0.1, -0.05) is 6.08 Å². The molecular formula is C25H28O8. The lowest BCUT2D eigenvalue weighted by Gasteiger charge is -2.13. The fraction of sp³-hybridized carbons (Fsp3) is 0.280. The maximum atomic E-state index is 12.9. The standard InChI is InChI=1S/C25H28O8/c1-15(26)18(10-17-13-22(30-4)25(33-7)23(14-17)31-5)19(27)9-8-16-11-20(28-2)24(32-6)21(12-16)29-3/h8-14H,1-7H3/b9-8+,18-10+. The molecule has 2 rings (SSSR count). The smallest absolute Gasteiger partial charge is 0.203 e. The summed E-state index contributed by atoms with van der Waals surface area (Å²) < 4.78 is 32.0. The van der Waals surface area contributed by atoms with Crippen LogP contribution < -0.4 is 28.4 Å². The van der Waals surface area contributed by atoms with Gasteiger partial charge in [0.15, 0.2) is 34.6 Å². The molecular weight excluding hydrogens is 428 g/mol. The zero-order valence-corrected chi connectivity index (χ0v) is 19.8. The highest BCUT2D eigenvalue weighted by molar-refractivity contribution is 6.27. The van der Waals surface area contributed by atoms with Crippen LogP contribution >= 0.6 is 0 Å². The Morgan fingerprint density at radius 3 is 1.36 bits per heavy atom. The normalized spacial score (nSPS) is 11.2. The van der Waals surface area contributed by atoms with Crippen LogP contribution in [0.3, 0.4) is 0 Å². The van der Waals surface area contributed by atoms with Crippen LogP contribution in [0.4, 0.5) is 0 Å². The molecule has 0 unspecified atom stereocenters. The van der Waals surface area contributed by atoms with Crippen LogP contribution in [0.5, 0.6) is 34.5 Å². The summed E-state index contributed by atoms with van der Waals surface area (Å²) in [7, 11) is 8.98. The molecule has 2 aromatic rings. The van der Waals surface area contributed by atoms with Crippen LogP contribution in [-0.4, -0.2) is 54.2 Å². The summed E-state index contributed by atoms with van der Waals surface area (Å²) in [6.07, 6.45) is 4.36. The Balaban J connectivity index is 2.46. The third kappa shape index (κ3) is 5.85. The van der Waals surface area contributed by atoms with Crippen molar-refractivity contribution in [2.45, 2.75) is 6.92 Å². The lowest BCUT2D eigenvalue weighted by atomic mass is 10.0. The molecule has 0 radical (unpaired) electrons. The molecule has 0 amide bonds.